The molecule has 0 radical (unpaired) electrons. The number of nitrogens with one attached hydrogen (secondary N) is 1. The van der Waals surface area contributed by atoms with Gasteiger partial charge in [-0.25, -0.2) is 4.98 Å². The van der Waals surface area contributed by atoms with Gasteiger partial charge in [0, 0.05) is 10.4 Å². The van der Waals surface area contributed by atoms with Crippen LogP contribution in [0.1, 0.15) is 16.9 Å². The lowest BCUT2D eigenvalue weighted by molar-refractivity contribution is -0.121. The van der Waals surface area contributed by atoms with Gasteiger partial charge in [0.2, 0.25) is 5.91 Å². The summed E-state index contributed by atoms with van der Waals surface area (Å²) in [4.78, 5) is 30.9. The summed E-state index contributed by atoms with van der Waals surface area (Å²) in [6, 6.07) is 16.8. The summed E-state index contributed by atoms with van der Waals surface area (Å²) in [5, 5.41) is 4.27. The molecule has 0 bridgehead atoms. The predicted octanol–water partition coefficient (Wildman–Crippen LogP) is 4.27. The fraction of sp³-hybridized carbons (Fsp3) is 0.160. The van der Waals surface area contributed by atoms with Crippen LogP contribution in [0.5, 0.6) is 0 Å². The molecule has 0 aliphatic carbocycles. The highest BCUT2D eigenvalue weighted by molar-refractivity contribution is 6.31. The van der Waals surface area contributed by atoms with E-state index in [1.54, 1.807) is 29.0 Å². The fourth-order valence-corrected chi connectivity index (χ4v) is 4.19. The molecule has 0 fully saturated rings. The fourth-order valence-electron chi connectivity index (χ4n) is 4.00. The molecule has 0 spiro atoms. The molecule has 0 aliphatic rings. The van der Waals surface area contributed by atoms with E-state index in [2.05, 4.69) is 10.3 Å². The van der Waals surface area contributed by atoms with E-state index < -0.39 is 0 Å². The van der Waals surface area contributed by atoms with Crippen LogP contribution < -0.4 is 10.9 Å². The first kappa shape index (κ1) is 21.0. The second-order valence-electron chi connectivity index (χ2n) is 7.93. The normalized spacial score (nSPS) is 11.3. The molecule has 0 saturated carbocycles. The van der Waals surface area contributed by atoms with Gasteiger partial charge in [-0.15, -0.1) is 0 Å². The van der Waals surface area contributed by atoms with Crippen molar-refractivity contribution in [1.82, 2.24) is 19.4 Å². The number of fused-ring (bicyclic) bond motifs is 3. The van der Waals surface area contributed by atoms with Crippen LogP contribution >= 0.6 is 11.6 Å². The van der Waals surface area contributed by atoms with Gasteiger partial charge in [0.15, 0.2) is 0 Å². The van der Waals surface area contributed by atoms with Crippen LogP contribution in [0, 0.1) is 6.92 Å². The van der Waals surface area contributed by atoms with Gasteiger partial charge in [-0.3, -0.25) is 14.2 Å². The summed E-state index contributed by atoms with van der Waals surface area (Å²) < 4.78 is 8.53. The molecule has 5 rings (SSSR count). The Morgan fingerprint density at radius 1 is 1.15 bits per heavy atom. The third-order valence-corrected chi connectivity index (χ3v) is 5.99. The quantitative estimate of drug-likeness (QED) is 0.410. The van der Waals surface area contributed by atoms with Crippen LogP contribution in [0.15, 0.2) is 76.4 Å². The van der Waals surface area contributed by atoms with E-state index in [9.17, 15) is 9.59 Å². The van der Waals surface area contributed by atoms with Crippen LogP contribution in [-0.2, 0) is 24.4 Å². The topological polar surface area (TPSA) is 82.1 Å². The molecule has 0 aliphatic heterocycles. The van der Waals surface area contributed by atoms with Crippen molar-refractivity contribution in [3.63, 3.8) is 0 Å². The van der Waals surface area contributed by atoms with E-state index in [-0.39, 0.29) is 31.1 Å². The summed E-state index contributed by atoms with van der Waals surface area (Å²) in [7, 11) is 0. The summed E-state index contributed by atoms with van der Waals surface area (Å²) in [5.74, 6) is 0.427. The second-order valence-corrected chi connectivity index (χ2v) is 8.34. The van der Waals surface area contributed by atoms with Crippen molar-refractivity contribution in [1.29, 1.82) is 0 Å². The van der Waals surface area contributed by atoms with Gasteiger partial charge in [0.1, 0.15) is 23.3 Å². The van der Waals surface area contributed by atoms with E-state index in [1.165, 1.54) is 10.9 Å². The Kier molecular flexibility index (Phi) is 5.48. The molecule has 0 saturated heterocycles. The van der Waals surface area contributed by atoms with Crippen LogP contribution in [-0.4, -0.2) is 20.0 Å². The Morgan fingerprint density at radius 3 is 2.79 bits per heavy atom. The van der Waals surface area contributed by atoms with Gasteiger partial charge in [-0.1, -0.05) is 41.4 Å². The average Bonchev–Trinajstić information content (AvgIpc) is 3.42. The number of hydrogen-bond acceptors (Lipinski definition) is 4. The summed E-state index contributed by atoms with van der Waals surface area (Å²) in [6.07, 6.45) is 3.10. The number of hydrogen-bond donors (Lipinski definition) is 1. The Hall–Kier alpha value is -3.84. The minimum absolute atomic E-state index is 0.0171. The molecular formula is C25H21ClN4O3. The van der Waals surface area contributed by atoms with Crippen LogP contribution in [0.25, 0.3) is 21.9 Å². The van der Waals surface area contributed by atoms with Crippen molar-refractivity contribution in [3.05, 3.63) is 99.5 Å². The smallest absolute Gasteiger partial charge is 0.278 e. The van der Waals surface area contributed by atoms with E-state index in [0.29, 0.717) is 21.8 Å². The van der Waals surface area contributed by atoms with Crippen molar-refractivity contribution in [2.75, 3.05) is 0 Å². The lowest BCUT2D eigenvalue weighted by Crippen LogP contribution is -2.29. The van der Waals surface area contributed by atoms with Crippen molar-refractivity contribution in [3.8, 4) is 0 Å². The highest BCUT2D eigenvalue weighted by atomic mass is 35.5. The van der Waals surface area contributed by atoms with Gasteiger partial charge in [0.25, 0.3) is 5.56 Å². The van der Waals surface area contributed by atoms with Crippen molar-refractivity contribution in [2.24, 2.45) is 0 Å². The number of aromatic nitrogens is 3. The minimum Gasteiger partial charge on any atom is -0.467 e. The SMILES string of the molecule is Cc1ccc2c(c1)c1ncn(Cc3ccccc3Cl)c(=O)c1n2CC(=O)NCc1ccco1. The first-order valence-corrected chi connectivity index (χ1v) is 10.9. The Balaban J connectivity index is 1.58. The number of carbonyl (C=O) groups is 1. The number of rotatable bonds is 6. The number of benzene rings is 2. The van der Waals surface area contributed by atoms with Crippen molar-refractivity contribution >= 4 is 39.4 Å². The lowest BCUT2D eigenvalue weighted by Gasteiger charge is -2.10. The lowest BCUT2D eigenvalue weighted by atomic mass is 10.1. The summed E-state index contributed by atoms with van der Waals surface area (Å²) in [6.45, 7) is 2.53. The molecule has 8 heteroatoms. The molecule has 1 amide bonds. The average molecular weight is 461 g/mol. The van der Waals surface area contributed by atoms with Crippen LogP contribution in [0.3, 0.4) is 0 Å². The molecular weight excluding hydrogens is 440 g/mol. The largest absolute Gasteiger partial charge is 0.467 e. The Bertz CT molecular complexity index is 1530. The molecule has 5 aromatic rings. The van der Waals surface area contributed by atoms with Crippen LogP contribution in [0.2, 0.25) is 5.02 Å². The molecule has 0 unspecified atom stereocenters. The molecule has 7 nitrogen and oxygen atoms in total. The maximum Gasteiger partial charge on any atom is 0.278 e. The van der Waals surface area contributed by atoms with Crippen LogP contribution in [0.4, 0.5) is 0 Å². The maximum absolute atomic E-state index is 13.6. The monoisotopic (exact) mass is 460 g/mol. The number of furan rings is 1. The van der Waals surface area contributed by atoms with Crippen molar-refractivity contribution < 1.29 is 9.21 Å². The zero-order valence-electron chi connectivity index (χ0n) is 17.9. The molecule has 1 N–H and O–H groups in total. The third-order valence-electron chi connectivity index (χ3n) is 5.62. The van der Waals surface area contributed by atoms with E-state index in [1.807, 2.05) is 43.3 Å². The molecule has 166 valence electrons. The van der Waals surface area contributed by atoms with E-state index >= 15 is 0 Å². The molecule has 3 heterocycles. The minimum atomic E-state index is -0.230. The van der Waals surface area contributed by atoms with Gasteiger partial charge < -0.3 is 14.3 Å². The molecule has 33 heavy (non-hydrogen) atoms. The molecule has 3 aromatic heterocycles. The van der Waals surface area contributed by atoms with E-state index in [4.69, 9.17) is 16.0 Å². The summed E-state index contributed by atoms with van der Waals surface area (Å²) >= 11 is 6.30. The molecule has 0 atom stereocenters. The predicted molar refractivity (Wildman–Crippen MR) is 127 cm³/mol. The standard InChI is InChI=1S/C25H21ClN4O3/c1-16-8-9-21-19(11-16)23-24(30(21)14-22(31)27-12-18-6-4-10-33-18)25(32)29(15-28-23)13-17-5-2-3-7-20(17)26/h2-11,15H,12-14H2,1H3,(H,27,31). The zero-order chi connectivity index (χ0) is 22.9. The van der Waals surface area contributed by atoms with E-state index in [0.717, 1.165) is 22.0 Å². The first-order chi connectivity index (χ1) is 16.0. The van der Waals surface area contributed by atoms with Gasteiger partial charge in [-0.2, -0.15) is 0 Å². The first-order valence-electron chi connectivity index (χ1n) is 10.5. The Labute approximate surface area is 194 Å². The zero-order valence-corrected chi connectivity index (χ0v) is 18.7. The van der Waals surface area contributed by atoms with Gasteiger partial charge in [-0.05, 0) is 42.8 Å². The maximum atomic E-state index is 13.6. The highest BCUT2D eigenvalue weighted by Crippen LogP contribution is 2.26. The molecule has 2 aromatic carbocycles. The van der Waals surface area contributed by atoms with Gasteiger partial charge >= 0.3 is 0 Å². The number of carbonyl (C=O) groups excluding carboxylic acids is 1. The summed E-state index contributed by atoms with van der Waals surface area (Å²) in [5.41, 5.74) is 3.38. The third kappa shape index (κ3) is 4.03. The van der Waals surface area contributed by atoms with Gasteiger partial charge in [0.05, 0.1) is 31.2 Å². The number of nitrogens with zero attached hydrogens (tertiary/aromatic N) is 3. The number of aryl methyl sites for hydroxylation is 1. The Morgan fingerprint density at radius 2 is 2.00 bits per heavy atom. The number of halogens is 1. The second kappa shape index (κ2) is 8.60. The number of amides is 1. The van der Waals surface area contributed by atoms with Crippen molar-refractivity contribution in [2.45, 2.75) is 26.6 Å². The highest BCUT2D eigenvalue weighted by Gasteiger charge is 2.19.